The minimum Gasteiger partial charge on any atom is -0.466 e. The number of esters is 2. The summed E-state index contributed by atoms with van der Waals surface area (Å²) in [6.45, 7) is 4.22. The molecule has 1 atom stereocenters. The van der Waals surface area contributed by atoms with Crippen molar-refractivity contribution in [1.29, 1.82) is 0 Å². The fourth-order valence-corrected chi connectivity index (χ4v) is 2.85. The summed E-state index contributed by atoms with van der Waals surface area (Å²) in [4.78, 5) is 22.2. The highest BCUT2D eigenvalue weighted by molar-refractivity contribution is 5.82. The fraction of sp³-hybridized carbons (Fsp3) is 0.765. The molecule has 0 aromatic carbocycles. The lowest BCUT2D eigenvalue weighted by atomic mass is 9.81. The van der Waals surface area contributed by atoms with Crippen molar-refractivity contribution < 1.29 is 19.1 Å². The van der Waals surface area contributed by atoms with Gasteiger partial charge in [-0.05, 0) is 44.9 Å². The quantitative estimate of drug-likeness (QED) is 0.388. The van der Waals surface area contributed by atoms with Crippen molar-refractivity contribution >= 4 is 11.9 Å². The molecular formula is C17H28O4. The van der Waals surface area contributed by atoms with E-state index in [9.17, 15) is 9.59 Å². The van der Waals surface area contributed by atoms with E-state index in [2.05, 4.69) is 0 Å². The molecular weight excluding hydrogens is 268 g/mol. The SMILES string of the molecule is CCOC(=O)C=C1CCCCC1CCCCCOC(C)=O. The summed E-state index contributed by atoms with van der Waals surface area (Å²) in [5, 5.41) is 0. The third-order valence-corrected chi connectivity index (χ3v) is 3.88. The molecule has 0 aromatic rings. The van der Waals surface area contributed by atoms with Crippen molar-refractivity contribution in [3.63, 3.8) is 0 Å². The van der Waals surface area contributed by atoms with Crippen LogP contribution in [0.3, 0.4) is 0 Å². The maximum atomic E-state index is 11.6. The highest BCUT2D eigenvalue weighted by Crippen LogP contribution is 2.33. The van der Waals surface area contributed by atoms with Gasteiger partial charge in [-0.3, -0.25) is 4.79 Å². The number of allylic oxidation sites excluding steroid dienone is 1. The monoisotopic (exact) mass is 296 g/mol. The lowest BCUT2D eigenvalue weighted by Gasteiger charge is -2.25. The molecule has 0 spiro atoms. The van der Waals surface area contributed by atoms with Crippen LogP contribution in [-0.2, 0) is 19.1 Å². The second kappa shape index (κ2) is 10.4. The first-order valence-corrected chi connectivity index (χ1v) is 8.14. The van der Waals surface area contributed by atoms with Crippen molar-refractivity contribution in [2.24, 2.45) is 5.92 Å². The number of hydrogen-bond donors (Lipinski definition) is 0. The average molecular weight is 296 g/mol. The van der Waals surface area contributed by atoms with Gasteiger partial charge in [0.15, 0.2) is 0 Å². The lowest BCUT2D eigenvalue weighted by Crippen LogP contribution is -2.13. The van der Waals surface area contributed by atoms with E-state index in [4.69, 9.17) is 9.47 Å². The maximum absolute atomic E-state index is 11.6. The van der Waals surface area contributed by atoms with Gasteiger partial charge >= 0.3 is 11.9 Å². The molecule has 0 bridgehead atoms. The molecule has 0 amide bonds. The Bertz CT molecular complexity index is 360. The van der Waals surface area contributed by atoms with Crippen LogP contribution < -0.4 is 0 Å². The zero-order chi connectivity index (χ0) is 15.5. The Balaban J connectivity index is 2.29. The predicted octanol–water partition coefficient (Wildman–Crippen LogP) is 3.79. The Morgan fingerprint density at radius 1 is 1.19 bits per heavy atom. The van der Waals surface area contributed by atoms with E-state index in [1.54, 1.807) is 6.08 Å². The fourth-order valence-electron chi connectivity index (χ4n) is 2.85. The van der Waals surface area contributed by atoms with Gasteiger partial charge in [0.05, 0.1) is 13.2 Å². The number of rotatable bonds is 8. The van der Waals surface area contributed by atoms with E-state index in [0.29, 0.717) is 19.1 Å². The largest absolute Gasteiger partial charge is 0.466 e. The molecule has 4 heteroatoms. The summed E-state index contributed by atoms with van der Waals surface area (Å²) in [5.41, 5.74) is 1.26. The average Bonchev–Trinajstić information content (AvgIpc) is 2.44. The van der Waals surface area contributed by atoms with Gasteiger partial charge in [-0.15, -0.1) is 0 Å². The Morgan fingerprint density at radius 3 is 2.71 bits per heavy atom. The highest BCUT2D eigenvalue weighted by atomic mass is 16.5. The van der Waals surface area contributed by atoms with Crippen LogP contribution in [0, 0.1) is 5.92 Å². The van der Waals surface area contributed by atoms with Crippen molar-refractivity contribution in [1.82, 2.24) is 0 Å². The molecule has 0 radical (unpaired) electrons. The van der Waals surface area contributed by atoms with Crippen LogP contribution in [0.5, 0.6) is 0 Å². The van der Waals surface area contributed by atoms with E-state index < -0.39 is 0 Å². The van der Waals surface area contributed by atoms with Gasteiger partial charge in [0.1, 0.15) is 0 Å². The maximum Gasteiger partial charge on any atom is 0.330 e. The van der Waals surface area contributed by atoms with Crippen LogP contribution in [0.2, 0.25) is 0 Å². The van der Waals surface area contributed by atoms with Crippen LogP contribution in [0.15, 0.2) is 11.6 Å². The van der Waals surface area contributed by atoms with Crippen LogP contribution in [0.1, 0.15) is 65.2 Å². The van der Waals surface area contributed by atoms with Gasteiger partial charge in [0.25, 0.3) is 0 Å². The van der Waals surface area contributed by atoms with Crippen LogP contribution >= 0.6 is 0 Å². The lowest BCUT2D eigenvalue weighted by molar-refractivity contribution is -0.141. The molecule has 1 saturated carbocycles. The molecule has 120 valence electrons. The molecule has 4 nitrogen and oxygen atoms in total. The zero-order valence-electron chi connectivity index (χ0n) is 13.4. The third-order valence-electron chi connectivity index (χ3n) is 3.88. The molecule has 1 fully saturated rings. The Morgan fingerprint density at radius 2 is 2.00 bits per heavy atom. The first kappa shape index (κ1) is 17.7. The summed E-state index contributed by atoms with van der Waals surface area (Å²) in [6.07, 6.45) is 10.6. The van der Waals surface area contributed by atoms with Gasteiger partial charge in [-0.25, -0.2) is 4.79 Å². The van der Waals surface area contributed by atoms with Gasteiger partial charge in [0.2, 0.25) is 0 Å². The van der Waals surface area contributed by atoms with E-state index in [-0.39, 0.29) is 11.9 Å². The summed E-state index contributed by atoms with van der Waals surface area (Å²) in [6, 6.07) is 0. The van der Waals surface area contributed by atoms with Crippen molar-refractivity contribution in [2.45, 2.75) is 65.2 Å². The number of unbranched alkanes of at least 4 members (excludes halogenated alkanes) is 2. The standard InChI is InChI=1S/C17H28O4/c1-3-20-17(19)13-16-11-7-6-10-15(16)9-5-4-8-12-21-14(2)18/h13,15H,3-12H2,1-2H3. The van der Waals surface area contributed by atoms with Gasteiger partial charge in [0, 0.05) is 13.0 Å². The van der Waals surface area contributed by atoms with Crippen LogP contribution in [0.4, 0.5) is 0 Å². The number of carbonyl (C=O) groups excluding carboxylic acids is 2. The molecule has 0 N–H and O–H groups in total. The van der Waals surface area contributed by atoms with E-state index >= 15 is 0 Å². The molecule has 1 aliphatic rings. The van der Waals surface area contributed by atoms with E-state index in [0.717, 1.165) is 32.1 Å². The van der Waals surface area contributed by atoms with E-state index in [1.807, 2.05) is 6.92 Å². The molecule has 0 aliphatic heterocycles. The molecule has 0 aromatic heterocycles. The summed E-state index contributed by atoms with van der Waals surface area (Å²) < 4.78 is 9.93. The minimum absolute atomic E-state index is 0.200. The zero-order valence-corrected chi connectivity index (χ0v) is 13.4. The topological polar surface area (TPSA) is 52.6 Å². The predicted molar refractivity (Wildman–Crippen MR) is 81.8 cm³/mol. The molecule has 1 unspecified atom stereocenters. The summed E-state index contributed by atoms with van der Waals surface area (Å²) in [7, 11) is 0. The molecule has 0 saturated heterocycles. The highest BCUT2D eigenvalue weighted by Gasteiger charge is 2.19. The number of carbonyl (C=O) groups is 2. The Labute approximate surface area is 127 Å². The molecule has 0 heterocycles. The summed E-state index contributed by atoms with van der Waals surface area (Å²) in [5.74, 6) is 0.119. The second-order valence-electron chi connectivity index (χ2n) is 5.60. The van der Waals surface area contributed by atoms with Gasteiger partial charge < -0.3 is 9.47 Å². The number of ether oxygens (including phenoxy) is 2. The van der Waals surface area contributed by atoms with E-state index in [1.165, 1.54) is 31.8 Å². The van der Waals surface area contributed by atoms with Crippen LogP contribution in [0.25, 0.3) is 0 Å². The van der Waals surface area contributed by atoms with Crippen molar-refractivity contribution in [3.05, 3.63) is 11.6 Å². The first-order chi connectivity index (χ1) is 10.1. The molecule has 21 heavy (non-hydrogen) atoms. The van der Waals surface area contributed by atoms with Crippen molar-refractivity contribution in [3.8, 4) is 0 Å². The van der Waals surface area contributed by atoms with Crippen LogP contribution in [-0.4, -0.2) is 25.2 Å². The molecule has 1 rings (SSSR count). The summed E-state index contributed by atoms with van der Waals surface area (Å²) >= 11 is 0. The smallest absolute Gasteiger partial charge is 0.330 e. The first-order valence-electron chi connectivity index (χ1n) is 8.14. The second-order valence-corrected chi connectivity index (χ2v) is 5.60. The number of hydrogen-bond acceptors (Lipinski definition) is 4. The Hall–Kier alpha value is -1.32. The normalized spacial score (nSPS) is 20.3. The third kappa shape index (κ3) is 7.88. The van der Waals surface area contributed by atoms with Gasteiger partial charge in [-0.1, -0.05) is 24.8 Å². The van der Waals surface area contributed by atoms with Gasteiger partial charge in [-0.2, -0.15) is 0 Å². The molecule has 1 aliphatic carbocycles. The van der Waals surface area contributed by atoms with Crippen molar-refractivity contribution in [2.75, 3.05) is 13.2 Å². The Kier molecular flexibility index (Phi) is 8.79. The minimum atomic E-state index is -0.207.